The summed E-state index contributed by atoms with van der Waals surface area (Å²) in [4.78, 5) is 41.0. The average Bonchev–Trinajstić information content (AvgIpc) is 2.56. The Labute approximate surface area is 130 Å². The van der Waals surface area contributed by atoms with E-state index in [2.05, 4.69) is 10.6 Å². The number of imide groups is 1. The molecular weight excluding hydrogens is 286 g/mol. The van der Waals surface area contributed by atoms with Crippen molar-refractivity contribution in [2.45, 2.75) is 34.1 Å². The number of carbonyl (C=O) groups excluding carboxylic acids is 3. The summed E-state index contributed by atoms with van der Waals surface area (Å²) in [7, 11) is 1.33. The number of rotatable bonds is 4. The highest BCUT2D eigenvalue weighted by Crippen LogP contribution is 2.05. The van der Waals surface area contributed by atoms with E-state index in [9.17, 15) is 19.3 Å². The summed E-state index contributed by atoms with van der Waals surface area (Å²) in [5, 5.41) is 5.25. The van der Waals surface area contributed by atoms with Gasteiger partial charge >= 0.3 is 0 Å². The van der Waals surface area contributed by atoms with Gasteiger partial charge in [-0.1, -0.05) is 39.0 Å². The van der Waals surface area contributed by atoms with Gasteiger partial charge in [0.05, 0.1) is 5.29 Å². The number of amides is 3. The van der Waals surface area contributed by atoms with Crippen LogP contribution in [0.15, 0.2) is 29.6 Å². The van der Waals surface area contributed by atoms with Crippen molar-refractivity contribution in [1.29, 1.82) is 0 Å². The Kier molecular flexibility index (Phi) is 13.2. The second-order valence-electron chi connectivity index (χ2n) is 3.76. The summed E-state index contributed by atoms with van der Waals surface area (Å²) >= 11 is 0. The van der Waals surface area contributed by atoms with E-state index in [0.29, 0.717) is 18.4 Å². The molecule has 0 heterocycles. The number of nitrogens with one attached hydrogen (secondary N) is 1. The van der Waals surface area contributed by atoms with E-state index in [4.69, 9.17) is 0 Å². The molecule has 0 unspecified atom stereocenters. The van der Waals surface area contributed by atoms with Crippen LogP contribution in [-0.4, -0.2) is 30.3 Å². The first-order valence-electron chi connectivity index (χ1n) is 6.87. The number of nitrogens with zero attached hydrogens (tertiary/aromatic N) is 2. The molecule has 7 nitrogen and oxygen atoms in total. The summed E-state index contributed by atoms with van der Waals surface area (Å²) in [5.41, 5.74) is 1.39. The Morgan fingerprint density at radius 1 is 1.27 bits per heavy atom. The third-order valence-corrected chi connectivity index (χ3v) is 2.37. The molecule has 1 aromatic carbocycles. The number of benzene rings is 1. The molecule has 0 aliphatic rings. The summed E-state index contributed by atoms with van der Waals surface area (Å²) < 4.78 is 0. The average molecular weight is 309 g/mol. The lowest BCUT2D eigenvalue weighted by molar-refractivity contribution is -0.129. The van der Waals surface area contributed by atoms with Crippen LogP contribution in [0.3, 0.4) is 0 Å². The van der Waals surface area contributed by atoms with Gasteiger partial charge in [-0.05, 0) is 18.6 Å². The molecule has 0 spiro atoms. The first-order valence-corrected chi connectivity index (χ1v) is 6.87. The molecule has 1 aromatic rings. The maximum Gasteiger partial charge on any atom is 0.257 e. The highest BCUT2D eigenvalue weighted by Gasteiger charge is 2.05. The predicted octanol–water partition coefficient (Wildman–Crippen LogP) is 2.44. The highest BCUT2D eigenvalue weighted by atomic mass is 16.3. The van der Waals surface area contributed by atoms with E-state index in [1.807, 2.05) is 32.9 Å². The molecule has 0 aliphatic heterocycles. The minimum atomic E-state index is -0.358. The van der Waals surface area contributed by atoms with E-state index < -0.39 is 0 Å². The number of hydrogen-bond acceptors (Lipinski definition) is 5. The lowest BCUT2D eigenvalue weighted by atomic mass is 10.1. The van der Waals surface area contributed by atoms with E-state index in [1.54, 1.807) is 19.1 Å². The molecule has 0 bridgehead atoms. The van der Waals surface area contributed by atoms with Crippen molar-refractivity contribution >= 4 is 18.2 Å². The summed E-state index contributed by atoms with van der Waals surface area (Å²) in [5.74, 6) is -0.622. The van der Waals surface area contributed by atoms with Crippen molar-refractivity contribution in [3.8, 4) is 0 Å². The molecule has 122 valence electrons. The van der Waals surface area contributed by atoms with Crippen molar-refractivity contribution in [2.75, 3.05) is 7.05 Å². The lowest BCUT2D eigenvalue weighted by Crippen LogP contribution is -2.21. The van der Waals surface area contributed by atoms with Crippen molar-refractivity contribution in [3.63, 3.8) is 0 Å². The minimum absolute atomic E-state index is 0.264. The Bertz CT molecular complexity index is 489. The smallest absolute Gasteiger partial charge is 0.257 e. The number of hydrogen-bond donors (Lipinski definition) is 1. The van der Waals surface area contributed by atoms with Gasteiger partial charge in [-0.25, -0.2) is 5.01 Å². The van der Waals surface area contributed by atoms with Crippen LogP contribution in [0.2, 0.25) is 0 Å². The summed E-state index contributed by atoms with van der Waals surface area (Å²) in [6.45, 7) is 7.49. The SMILES string of the molecule is CC.CCC(=O)N(C)N=O.Cc1ccccc1C(=O)NC=O. The molecule has 0 atom stereocenters. The zero-order valence-electron chi connectivity index (χ0n) is 13.6. The normalized spacial score (nSPS) is 8.23. The molecule has 0 saturated heterocycles. The molecule has 1 rings (SSSR count). The molecule has 7 heteroatoms. The van der Waals surface area contributed by atoms with Gasteiger partial charge in [0.1, 0.15) is 0 Å². The zero-order valence-corrected chi connectivity index (χ0v) is 13.6. The van der Waals surface area contributed by atoms with Crippen LogP contribution < -0.4 is 5.32 Å². The van der Waals surface area contributed by atoms with Crippen molar-refractivity contribution in [2.24, 2.45) is 5.29 Å². The van der Waals surface area contributed by atoms with Crippen LogP contribution in [0.1, 0.15) is 43.1 Å². The van der Waals surface area contributed by atoms with E-state index >= 15 is 0 Å². The van der Waals surface area contributed by atoms with E-state index in [-0.39, 0.29) is 11.8 Å². The molecular formula is C15H23N3O4. The maximum absolute atomic E-state index is 11.1. The van der Waals surface area contributed by atoms with Crippen molar-refractivity contribution in [3.05, 3.63) is 40.3 Å². The second-order valence-corrected chi connectivity index (χ2v) is 3.76. The van der Waals surface area contributed by atoms with Gasteiger partial charge in [0, 0.05) is 19.0 Å². The lowest BCUT2D eigenvalue weighted by Gasteiger charge is -2.01. The number of nitroso groups, excluding NO2 is 1. The second kappa shape index (κ2) is 13.4. The third-order valence-electron chi connectivity index (χ3n) is 2.37. The van der Waals surface area contributed by atoms with Crippen LogP contribution in [0.5, 0.6) is 0 Å². The molecule has 0 aliphatic carbocycles. The van der Waals surface area contributed by atoms with Gasteiger partial charge in [0.25, 0.3) is 5.91 Å². The molecule has 22 heavy (non-hydrogen) atoms. The fraction of sp³-hybridized carbons (Fsp3) is 0.400. The van der Waals surface area contributed by atoms with Crippen molar-refractivity contribution in [1.82, 2.24) is 10.3 Å². The van der Waals surface area contributed by atoms with Gasteiger partial charge in [0.2, 0.25) is 12.3 Å². The van der Waals surface area contributed by atoms with Crippen LogP contribution in [0.25, 0.3) is 0 Å². The van der Waals surface area contributed by atoms with Crippen LogP contribution >= 0.6 is 0 Å². The largest absolute Gasteiger partial charge is 0.295 e. The maximum atomic E-state index is 11.1. The number of aryl methyl sites for hydroxylation is 1. The molecule has 1 N–H and O–H groups in total. The summed E-state index contributed by atoms with van der Waals surface area (Å²) in [6, 6.07) is 7.09. The summed E-state index contributed by atoms with van der Waals surface area (Å²) in [6.07, 6.45) is 0.705. The number of carbonyl (C=O) groups is 3. The Morgan fingerprint density at radius 2 is 1.82 bits per heavy atom. The van der Waals surface area contributed by atoms with Gasteiger partial charge in [-0.15, -0.1) is 4.91 Å². The van der Waals surface area contributed by atoms with Gasteiger partial charge in [-0.2, -0.15) is 0 Å². The monoisotopic (exact) mass is 309 g/mol. The highest BCUT2D eigenvalue weighted by molar-refractivity contribution is 6.00. The van der Waals surface area contributed by atoms with Gasteiger partial charge in [-0.3, -0.25) is 19.7 Å². The van der Waals surface area contributed by atoms with Crippen LogP contribution in [-0.2, 0) is 9.59 Å². The Hall–Kier alpha value is -2.57. The molecule has 0 fully saturated rings. The minimum Gasteiger partial charge on any atom is -0.295 e. The van der Waals surface area contributed by atoms with E-state index in [0.717, 1.165) is 10.6 Å². The van der Waals surface area contributed by atoms with Gasteiger partial charge in [0.15, 0.2) is 0 Å². The topological polar surface area (TPSA) is 95.9 Å². The zero-order chi connectivity index (χ0) is 17.5. The van der Waals surface area contributed by atoms with E-state index in [1.165, 1.54) is 7.05 Å². The third kappa shape index (κ3) is 8.57. The van der Waals surface area contributed by atoms with Crippen LogP contribution in [0.4, 0.5) is 0 Å². The molecule has 3 amide bonds. The molecule has 0 aromatic heterocycles. The first-order chi connectivity index (χ1) is 10.5. The Balaban J connectivity index is 0. The van der Waals surface area contributed by atoms with Crippen molar-refractivity contribution < 1.29 is 14.4 Å². The predicted molar refractivity (Wildman–Crippen MR) is 84.9 cm³/mol. The molecule has 0 saturated carbocycles. The van der Waals surface area contributed by atoms with Crippen LogP contribution in [0, 0.1) is 11.8 Å². The molecule has 0 radical (unpaired) electrons. The Morgan fingerprint density at radius 3 is 2.18 bits per heavy atom. The quantitative estimate of drug-likeness (QED) is 0.525. The fourth-order valence-electron chi connectivity index (χ4n) is 1.23. The fourth-order valence-corrected chi connectivity index (χ4v) is 1.23. The first kappa shape index (κ1) is 21.7. The standard InChI is InChI=1S/C9H9NO2.C4H8N2O2.C2H6/c1-7-4-2-3-5-8(7)9(12)10-6-11;1-3-4(7)6(2)5-8;1-2/h2-6H,1H3,(H,10,11,12);3H2,1-2H3;1-2H3. The van der Waals surface area contributed by atoms with Gasteiger partial charge < -0.3 is 0 Å².